The van der Waals surface area contributed by atoms with Gasteiger partial charge in [0.05, 0.1) is 13.2 Å². The summed E-state index contributed by atoms with van der Waals surface area (Å²) >= 11 is 0. The number of aryl methyl sites for hydroxylation is 2. The Balaban J connectivity index is 1.38. The lowest BCUT2D eigenvalue weighted by Gasteiger charge is -2.15. The van der Waals surface area contributed by atoms with Crippen LogP contribution >= 0.6 is 0 Å². The van der Waals surface area contributed by atoms with E-state index in [1.807, 2.05) is 30.0 Å². The van der Waals surface area contributed by atoms with Crippen molar-refractivity contribution in [1.82, 2.24) is 25.2 Å². The number of nitrogens with one attached hydrogen (secondary N) is 2. The maximum atomic E-state index is 6.10. The molecule has 0 unspecified atom stereocenters. The second-order valence-corrected chi connectivity index (χ2v) is 8.28. The highest BCUT2D eigenvalue weighted by molar-refractivity contribution is 5.79. The van der Waals surface area contributed by atoms with E-state index < -0.39 is 0 Å². The van der Waals surface area contributed by atoms with Crippen LogP contribution in [0.5, 0.6) is 5.75 Å². The highest BCUT2D eigenvalue weighted by Crippen LogP contribution is 2.30. The number of imidazole rings is 1. The molecule has 1 aromatic carbocycles. The minimum atomic E-state index is 0.546. The molecule has 1 fully saturated rings. The molecular formula is C25H32N6O. The molecule has 4 rings (SSSR count). The number of nitrogens with zero attached hydrogens (tertiary/aromatic N) is 4. The summed E-state index contributed by atoms with van der Waals surface area (Å²) in [4.78, 5) is 13.5. The molecule has 0 radical (unpaired) electrons. The van der Waals surface area contributed by atoms with Crippen LogP contribution in [0.15, 0.2) is 53.9 Å². The lowest BCUT2D eigenvalue weighted by Crippen LogP contribution is -2.36. The molecule has 7 heteroatoms. The number of benzene rings is 1. The highest BCUT2D eigenvalue weighted by atomic mass is 16.5. The number of aliphatic imine (C=N–C) groups is 1. The summed E-state index contributed by atoms with van der Waals surface area (Å²) in [5, 5.41) is 6.76. The smallest absolute Gasteiger partial charge is 0.191 e. The second kappa shape index (κ2) is 10.3. The fourth-order valence-corrected chi connectivity index (χ4v) is 3.40. The van der Waals surface area contributed by atoms with Crippen molar-refractivity contribution in [2.75, 3.05) is 13.2 Å². The number of hydrogen-bond donors (Lipinski definition) is 2. The molecule has 7 nitrogen and oxygen atoms in total. The van der Waals surface area contributed by atoms with E-state index in [-0.39, 0.29) is 0 Å². The minimum Gasteiger partial charge on any atom is -0.493 e. The molecular weight excluding hydrogens is 400 g/mol. The van der Waals surface area contributed by atoms with Gasteiger partial charge in [-0.25, -0.2) is 15.0 Å². The van der Waals surface area contributed by atoms with Crippen molar-refractivity contribution in [3.8, 4) is 11.6 Å². The first-order valence-electron chi connectivity index (χ1n) is 11.3. The predicted molar refractivity (Wildman–Crippen MR) is 127 cm³/mol. The van der Waals surface area contributed by atoms with E-state index in [2.05, 4.69) is 58.7 Å². The Morgan fingerprint density at radius 2 is 2.03 bits per heavy atom. The monoisotopic (exact) mass is 432 g/mol. The third kappa shape index (κ3) is 5.87. The first-order valence-corrected chi connectivity index (χ1v) is 11.3. The van der Waals surface area contributed by atoms with Crippen LogP contribution in [0.4, 0.5) is 0 Å². The van der Waals surface area contributed by atoms with E-state index >= 15 is 0 Å². The van der Waals surface area contributed by atoms with E-state index in [0.29, 0.717) is 13.1 Å². The van der Waals surface area contributed by atoms with Gasteiger partial charge in [-0.3, -0.25) is 4.57 Å². The largest absolute Gasteiger partial charge is 0.493 e. The summed E-state index contributed by atoms with van der Waals surface area (Å²) in [6.45, 7) is 8.93. The van der Waals surface area contributed by atoms with E-state index in [1.54, 1.807) is 6.20 Å². The molecule has 0 amide bonds. The van der Waals surface area contributed by atoms with Crippen molar-refractivity contribution in [3.63, 3.8) is 0 Å². The number of hydrogen-bond acceptors (Lipinski definition) is 4. The zero-order valence-electron chi connectivity index (χ0n) is 19.1. The molecule has 0 spiro atoms. The molecule has 1 aliphatic carbocycles. The Morgan fingerprint density at radius 1 is 1.16 bits per heavy atom. The van der Waals surface area contributed by atoms with Crippen LogP contribution in [0.2, 0.25) is 0 Å². The Morgan fingerprint density at radius 3 is 2.72 bits per heavy atom. The average Bonchev–Trinajstić information content (AvgIpc) is 3.54. The van der Waals surface area contributed by atoms with Gasteiger partial charge in [0, 0.05) is 37.2 Å². The topological polar surface area (TPSA) is 76.4 Å². The van der Waals surface area contributed by atoms with Crippen LogP contribution < -0.4 is 15.4 Å². The maximum Gasteiger partial charge on any atom is 0.191 e. The van der Waals surface area contributed by atoms with Crippen LogP contribution in [0.3, 0.4) is 0 Å². The predicted octanol–water partition coefficient (Wildman–Crippen LogP) is 3.93. The van der Waals surface area contributed by atoms with Crippen molar-refractivity contribution in [2.24, 2.45) is 10.9 Å². The Hall–Kier alpha value is -3.35. The second-order valence-electron chi connectivity index (χ2n) is 8.28. The van der Waals surface area contributed by atoms with Gasteiger partial charge in [0.1, 0.15) is 17.4 Å². The first-order chi connectivity index (χ1) is 15.6. The molecule has 1 saturated carbocycles. The van der Waals surface area contributed by atoms with Crippen molar-refractivity contribution < 1.29 is 4.74 Å². The van der Waals surface area contributed by atoms with E-state index in [1.165, 1.54) is 18.4 Å². The minimum absolute atomic E-state index is 0.546. The molecule has 3 aromatic rings. The van der Waals surface area contributed by atoms with Crippen LogP contribution in [0, 0.1) is 19.8 Å². The lowest BCUT2D eigenvalue weighted by molar-refractivity contribution is 0.296. The van der Waals surface area contributed by atoms with Crippen LogP contribution in [-0.2, 0) is 13.1 Å². The highest BCUT2D eigenvalue weighted by Gasteiger charge is 2.22. The summed E-state index contributed by atoms with van der Waals surface area (Å²) in [5.74, 6) is 4.24. The van der Waals surface area contributed by atoms with Gasteiger partial charge in [-0.2, -0.15) is 0 Å². The normalized spacial score (nSPS) is 13.8. The molecule has 2 heterocycles. The fourth-order valence-electron chi connectivity index (χ4n) is 3.40. The van der Waals surface area contributed by atoms with Crippen LogP contribution in [0.25, 0.3) is 5.82 Å². The van der Waals surface area contributed by atoms with Gasteiger partial charge in [-0.15, -0.1) is 0 Å². The molecule has 168 valence electrons. The van der Waals surface area contributed by atoms with Gasteiger partial charge in [-0.05, 0) is 62.8 Å². The van der Waals surface area contributed by atoms with Gasteiger partial charge < -0.3 is 15.4 Å². The summed E-state index contributed by atoms with van der Waals surface area (Å²) < 4.78 is 8.06. The number of aromatic nitrogens is 3. The molecule has 1 aliphatic rings. The Bertz CT molecular complexity index is 1050. The van der Waals surface area contributed by atoms with Crippen molar-refractivity contribution in [1.29, 1.82) is 0 Å². The number of guanidine groups is 1. The van der Waals surface area contributed by atoms with E-state index in [9.17, 15) is 0 Å². The van der Waals surface area contributed by atoms with E-state index in [4.69, 9.17) is 9.73 Å². The molecule has 2 aromatic heterocycles. The van der Waals surface area contributed by atoms with Gasteiger partial charge in [0.25, 0.3) is 0 Å². The Kier molecular flexibility index (Phi) is 7.04. The van der Waals surface area contributed by atoms with Gasteiger partial charge in [0.2, 0.25) is 0 Å². The number of ether oxygens (including phenoxy) is 1. The summed E-state index contributed by atoms with van der Waals surface area (Å²) in [5.41, 5.74) is 3.40. The third-order valence-corrected chi connectivity index (χ3v) is 5.49. The van der Waals surface area contributed by atoms with Crippen molar-refractivity contribution in [3.05, 3.63) is 71.4 Å². The van der Waals surface area contributed by atoms with Gasteiger partial charge in [0.15, 0.2) is 5.96 Å². The molecule has 2 N–H and O–H groups in total. The van der Waals surface area contributed by atoms with Crippen LogP contribution in [-0.4, -0.2) is 33.6 Å². The first kappa shape index (κ1) is 21.9. The standard InChI is InChI=1S/C25H32N6O/c1-4-26-25(29-15-21-8-10-24(28-14-21)31-12-11-27-19(31)3)30-16-22-9-5-18(2)13-23(22)32-17-20-6-7-20/h5,8-14,20H,4,6-7,15-17H2,1-3H3,(H2,26,29,30). The third-order valence-electron chi connectivity index (χ3n) is 5.49. The zero-order valence-corrected chi connectivity index (χ0v) is 19.1. The zero-order chi connectivity index (χ0) is 22.3. The molecule has 0 saturated heterocycles. The van der Waals surface area contributed by atoms with Crippen molar-refractivity contribution >= 4 is 5.96 Å². The van der Waals surface area contributed by atoms with Crippen molar-refractivity contribution in [2.45, 2.75) is 46.7 Å². The lowest BCUT2D eigenvalue weighted by atomic mass is 10.1. The Labute approximate surface area is 190 Å². The maximum absolute atomic E-state index is 6.10. The van der Waals surface area contributed by atoms with Gasteiger partial charge in [-0.1, -0.05) is 18.2 Å². The van der Waals surface area contributed by atoms with E-state index in [0.717, 1.165) is 53.5 Å². The fraction of sp³-hybridized carbons (Fsp3) is 0.400. The summed E-state index contributed by atoms with van der Waals surface area (Å²) in [6.07, 6.45) is 8.13. The number of pyridine rings is 1. The number of rotatable bonds is 9. The average molecular weight is 433 g/mol. The SMILES string of the molecule is CCNC(=NCc1ccc(-n2ccnc2C)nc1)NCc1ccc(C)cc1OCC1CC1. The molecule has 0 aliphatic heterocycles. The molecule has 32 heavy (non-hydrogen) atoms. The summed E-state index contributed by atoms with van der Waals surface area (Å²) in [7, 11) is 0. The molecule has 0 atom stereocenters. The van der Waals surface area contributed by atoms with Crippen LogP contribution in [0.1, 0.15) is 42.3 Å². The summed E-state index contributed by atoms with van der Waals surface area (Å²) in [6, 6.07) is 10.4. The molecule has 0 bridgehead atoms. The van der Waals surface area contributed by atoms with Gasteiger partial charge >= 0.3 is 0 Å². The quantitative estimate of drug-likeness (QED) is 0.396.